The number of hydrogen-bond donors (Lipinski definition) is 1. The Hall–Kier alpha value is -2.24. The lowest BCUT2D eigenvalue weighted by atomic mass is 10.0. The Labute approximate surface area is 90.4 Å². The third kappa shape index (κ3) is 1.44. The second kappa shape index (κ2) is 3.73. The maximum Gasteiger partial charge on any atom is 0.291 e. The summed E-state index contributed by atoms with van der Waals surface area (Å²) in [6.45, 7) is 1.67. The molecule has 82 valence electrons. The van der Waals surface area contributed by atoms with Crippen LogP contribution in [0.3, 0.4) is 0 Å². The van der Waals surface area contributed by atoms with Gasteiger partial charge in [-0.15, -0.1) is 0 Å². The molecule has 1 heterocycles. The fourth-order valence-electron chi connectivity index (χ4n) is 1.61. The molecule has 6 heteroatoms. The van der Waals surface area contributed by atoms with Crippen molar-refractivity contribution in [2.24, 2.45) is 0 Å². The van der Waals surface area contributed by atoms with E-state index in [1.807, 2.05) is 0 Å². The van der Waals surface area contributed by atoms with Gasteiger partial charge in [0.05, 0.1) is 27.6 Å². The number of nitro groups is 1. The van der Waals surface area contributed by atoms with Crippen LogP contribution >= 0.6 is 0 Å². The number of fused-ring (bicyclic) bond motifs is 1. The van der Waals surface area contributed by atoms with Gasteiger partial charge in [0.2, 0.25) is 0 Å². The first-order valence-electron chi connectivity index (χ1n) is 4.78. The number of aromatic nitrogens is 2. The van der Waals surface area contributed by atoms with Gasteiger partial charge < -0.3 is 0 Å². The van der Waals surface area contributed by atoms with E-state index in [4.69, 9.17) is 0 Å². The number of carbonyl (C=O) groups excluding carboxylic acids is 1. The molecule has 1 aromatic carbocycles. The van der Waals surface area contributed by atoms with Crippen molar-refractivity contribution in [2.75, 3.05) is 0 Å². The van der Waals surface area contributed by atoms with Crippen molar-refractivity contribution in [1.29, 1.82) is 0 Å². The number of aromatic amines is 1. The van der Waals surface area contributed by atoms with Crippen LogP contribution in [0.1, 0.15) is 23.7 Å². The topological polar surface area (TPSA) is 88.9 Å². The summed E-state index contributed by atoms with van der Waals surface area (Å²) in [6, 6.07) is 3.09. The predicted octanol–water partition coefficient (Wildman–Crippen LogP) is 2.06. The number of nitrogens with zero attached hydrogens (tertiary/aromatic N) is 2. The van der Waals surface area contributed by atoms with Crippen molar-refractivity contribution in [3.63, 3.8) is 0 Å². The van der Waals surface area contributed by atoms with Gasteiger partial charge in [-0.3, -0.25) is 20.0 Å². The van der Waals surface area contributed by atoms with Crippen LogP contribution in [0.2, 0.25) is 0 Å². The van der Waals surface area contributed by atoms with Crippen LogP contribution in [0.5, 0.6) is 0 Å². The monoisotopic (exact) mass is 219 g/mol. The lowest BCUT2D eigenvalue weighted by Crippen LogP contribution is -2.02. The Balaban J connectivity index is 2.78. The molecule has 0 aliphatic carbocycles. The summed E-state index contributed by atoms with van der Waals surface area (Å²) in [7, 11) is 0. The van der Waals surface area contributed by atoms with E-state index in [9.17, 15) is 14.9 Å². The number of Topliss-reactive ketones (excluding diaryl/α,β-unsaturated/α-hetero) is 1. The van der Waals surface area contributed by atoms with Gasteiger partial charge in [0.25, 0.3) is 5.69 Å². The van der Waals surface area contributed by atoms with E-state index >= 15 is 0 Å². The van der Waals surface area contributed by atoms with Gasteiger partial charge >= 0.3 is 0 Å². The molecule has 0 radical (unpaired) electrons. The molecule has 0 saturated heterocycles. The Morgan fingerprint density at radius 1 is 1.56 bits per heavy atom. The van der Waals surface area contributed by atoms with Gasteiger partial charge in [-0.1, -0.05) is 6.92 Å². The number of ketones is 1. The van der Waals surface area contributed by atoms with Crippen molar-refractivity contribution in [3.8, 4) is 0 Å². The van der Waals surface area contributed by atoms with Crippen LogP contribution in [0, 0.1) is 10.1 Å². The number of nitrogens with one attached hydrogen (secondary N) is 1. The SMILES string of the molecule is CCC(=O)c1ccc2[nH]ncc2c1[N+](=O)[O-]. The molecule has 0 aliphatic rings. The van der Waals surface area contributed by atoms with Crippen LogP contribution in [-0.4, -0.2) is 20.9 Å². The summed E-state index contributed by atoms with van der Waals surface area (Å²) in [5, 5.41) is 17.7. The number of nitro benzene ring substituents is 1. The minimum Gasteiger partial charge on any atom is -0.294 e. The average molecular weight is 219 g/mol. The van der Waals surface area contributed by atoms with Crippen molar-refractivity contribution < 1.29 is 9.72 Å². The van der Waals surface area contributed by atoms with E-state index in [0.29, 0.717) is 10.9 Å². The normalized spacial score (nSPS) is 10.6. The van der Waals surface area contributed by atoms with Crippen molar-refractivity contribution in [3.05, 3.63) is 34.0 Å². The first kappa shape index (κ1) is 10.3. The molecule has 0 amide bonds. The lowest BCUT2D eigenvalue weighted by Gasteiger charge is -2.00. The summed E-state index contributed by atoms with van der Waals surface area (Å²) in [4.78, 5) is 22.0. The smallest absolute Gasteiger partial charge is 0.291 e. The highest BCUT2D eigenvalue weighted by atomic mass is 16.6. The number of rotatable bonds is 3. The zero-order chi connectivity index (χ0) is 11.7. The average Bonchev–Trinajstić information content (AvgIpc) is 2.73. The highest BCUT2D eigenvalue weighted by molar-refractivity contribution is 6.05. The molecule has 2 aromatic rings. The molecule has 0 aliphatic heterocycles. The summed E-state index contributed by atoms with van der Waals surface area (Å²) in [6.07, 6.45) is 1.60. The molecular weight excluding hydrogens is 210 g/mol. The van der Waals surface area contributed by atoms with Crippen LogP contribution in [0.4, 0.5) is 5.69 Å². The third-order valence-electron chi connectivity index (χ3n) is 2.40. The quantitative estimate of drug-likeness (QED) is 0.486. The van der Waals surface area contributed by atoms with Gasteiger partial charge in [0.1, 0.15) is 0 Å². The van der Waals surface area contributed by atoms with Crippen LogP contribution in [-0.2, 0) is 0 Å². The van der Waals surface area contributed by atoms with Crippen molar-refractivity contribution in [2.45, 2.75) is 13.3 Å². The predicted molar refractivity (Wildman–Crippen MR) is 57.4 cm³/mol. The first-order chi connectivity index (χ1) is 7.65. The fourth-order valence-corrected chi connectivity index (χ4v) is 1.61. The zero-order valence-corrected chi connectivity index (χ0v) is 8.56. The maximum atomic E-state index is 11.6. The summed E-state index contributed by atoms with van der Waals surface area (Å²) in [5.74, 6) is -0.241. The summed E-state index contributed by atoms with van der Waals surface area (Å²) in [5.41, 5.74) is 0.527. The van der Waals surface area contributed by atoms with E-state index in [2.05, 4.69) is 10.2 Å². The molecule has 0 bridgehead atoms. The number of carbonyl (C=O) groups is 1. The summed E-state index contributed by atoms with van der Waals surface area (Å²) < 4.78 is 0. The molecule has 0 unspecified atom stereocenters. The molecule has 0 atom stereocenters. The Bertz CT molecular complexity index is 574. The second-order valence-corrected chi connectivity index (χ2v) is 3.33. The van der Waals surface area contributed by atoms with E-state index in [1.165, 1.54) is 12.3 Å². The second-order valence-electron chi connectivity index (χ2n) is 3.33. The highest BCUT2D eigenvalue weighted by Crippen LogP contribution is 2.29. The van der Waals surface area contributed by atoms with E-state index in [0.717, 1.165) is 0 Å². The van der Waals surface area contributed by atoms with Crippen LogP contribution in [0.25, 0.3) is 10.9 Å². The summed E-state index contributed by atoms with van der Waals surface area (Å²) >= 11 is 0. The molecule has 0 fully saturated rings. The molecule has 1 aromatic heterocycles. The fraction of sp³-hybridized carbons (Fsp3) is 0.200. The number of hydrogen-bond acceptors (Lipinski definition) is 4. The van der Waals surface area contributed by atoms with Crippen LogP contribution < -0.4 is 0 Å². The van der Waals surface area contributed by atoms with E-state index in [1.54, 1.807) is 13.0 Å². The highest BCUT2D eigenvalue weighted by Gasteiger charge is 2.23. The van der Waals surface area contributed by atoms with Crippen LogP contribution in [0.15, 0.2) is 18.3 Å². The minimum atomic E-state index is -0.541. The number of H-pyrrole nitrogens is 1. The largest absolute Gasteiger partial charge is 0.294 e. The van der Waals surface area contributed by atoms with Gasteiger partial charge in [-0.25, -0.2) is 0 Å². The molecule has 0 saturated carbocycles. The Morgan fingerprint density at radius 3 is 2.94 bits per heavy atom. The van der Waals surface area contributed by atoms with Gasteiger partial charge in [-0.2, -0.15) is 5.10 Å². The van der Waals surface area contributed by atoms with E-state index in [-0.39, 0.29) is 23.5 Å². The minimum absolute atomic E-state index is 0.140. The molecule has 16 heavy (non-hydrogen) atoms. The van der Waals surface area contributed by atoms with Gasteiger partial charge in [-0.05, 0) is 12.1 Å². The number of benzene rings is 1. The lowest BCUT2D eigenvalue weighted by molar-refractivity contribution is -0.383. The van der Waals surface area contributed by atoms with Gasteiger partial charge in [0, 0.05) is 6.42 Å². The Morgan fingerprint density at radius 2 is 2.31 bits per heavy atom. The Kier molecular flexibility index (Phi) is 2.40. The third-order valence-corrected chi connectivity index (χ3v) is 2.40. The molecular formula is C10H9N3O3. The molecule has 6 nitrogen and oxygen atoms in total. The van der Waals surface area contributed by atoms with Crippen molar-refractivity contribution >= 4 is 22.4 Å². The molecule has 1 N–H and O–H groups in total. The van der Waals surface area contributed by atoms with Gasteiger partial charge in [0.15, 0.2) is 5.78 Å². The first-order valence-corrected chi connectivity index (χ1v) is 4.78. The standard InChI is InChI=1S/C10H9N3O3/c1-2-9(14)6-3-4-8-7(5-11-12-8)10(6)13(15)16/h3-5H,2H2,1H3,(H,11,12). The zero-order valence-electron chi connectivity index (χ0n) is 8.56. The maximum absolute atomic E-state index is 11.6. The molecule has 0 spiro atoms. The van der Waals surface area contributed by atoms with Crippen molar-refractivity contribution in [1.82, 2.24) is 10.2 Å². The van der Waals surface area contributed by atoms with E-state index < -0.39 is 4.92 Å². The molecule has 2 rings (SSSR count).